The van der Waals surface area contributed by atoms with E-state index >= 15 is 0 Å². The lowest BCUT2D eigenvalue weighted by Gasteiger charge is -2.01. The van der Waals surface area contributed by atoms with Crippen LogP contribution in [0.1, 0.15) is 10.4 Å². The number of hydrogen-bond acceptors (Lipinski definition) is 3. The van der Waals surface area contributed by atoms with Gasteiger partial charge in [0.1, 0.15) is 5.82 Å². The minimum absolute atomic E-state index is 0.0899. The third-order valence-electron chi connectivity index (χ3n) is 1.33. The molecule has 0 amide bonds. The first kappa shape index (κ1) is 8.48. The third-order valence-corrected chi connectivity index (χ3v) is 1.33. The predicted octanol–water partition coefficient (Wildman–Crippen LogP) is 1.32. The van der Waals surface area contributed by atoms with Gasteiger partial charge in [-0.25, -0.2) is 9.18 Å². The van der Waals surface area contributed by atoms with E-state index < -0.39 is 11.8 Å². The fourth-order valence-corrected chi connectivity index (χ4v) is 0.744. The van der Waals surface area contributed by atoms with Crippen molar-refractivity contribution in [2.24, 2.45) is 0 Å². The molecule has 0 heterocycles. The summed E-state index contributed by atoms with van der Waals surface area (Å²) < 4.78 is 12.6. The molecular weight excluding hydrogens is 165 g/mol. The summed E-state index contributed by atoms with van der Waals surface area (Å²) in [6, 6.07) is 3.07. The molecule has 64 valence electrons. The first-order valence-corrected chi connectivity index (χ1v) is 3.08. The quantitative estimate of drug-likeness (QED) is 0.587. The van der Waals surface area contributed by atoms with Gasteiger partial charge in [-0.15, -0.1) is 0 Å². The molecule has 1 aromatic rings. The SMILES string of the molecule is O=C(O)c1ccc(F)c(NO)c1. The normalized spacial score (nSPS) is 9.50. The highest BCUT2D eigenvalue weighted by Crippen LogP contribution is 2.14. The molecule has 12 heavy (non-hydrogen) atoms. The van der Waals surface area contributed by atoms with Crippen molar-refractivity contribution >= 4 is 11.7 Å². The van der Waals surface area contributed by atoms with Gasteiger partial charge in [-0.3, -0.25) is 10.7 Å². The minimum atomic E-state index is -1.17. The zero-order chi connectivity index (χ0) is 9.14. The largest absolute Gasteiger partial charge is 0.478 e. The summed E-state index contributed by atoms with van der Waals surface area (Å²) in [5, 5.41) is 16.8. The molecule has 1 aromatic carbocycles. The molecule has 0 radical (unpaired) electrons. The summed E-state index contributed by atoms with van der Waals surface area (Å²) in [6.45, 7) is 0. The fourth-order valence-electron chi connectivity index (χ4n) is 0.744. The summed E-state index contributed by atoms with van der Waals surface area (Å²) in [6.07, 6.45) is 0. The number of halogens is 1. The van der Waals surface area contributed by atoms with E-state index in [1.165, 1.54) is 0 Å². The van der Waals surface area contributed by atoms with Crippen LogP contribution in [0.4, 0.5) is 10.1 Å². The Hall–Kier alpha value is -1.62. The van der Waals surface area contributed by atoms with E-state index in [1.54, 1.807) is 5.48 Å². The molecule has 0 spiro atoms. The second-order valence-electron chi connectivity index (χ2n) is 2.11. The maximum absolute atomic E-state index is 12.6. The molecular formula is C7H6FNO3. The Balaban J connectivity index is 3.13. The van der Waals surface area contributed by atoms with Crippen LogP contribution >= 0.6 is 0 Å². The van der Waals surface area contributed by atoms with Crippen LogP contribution in [0, 0.1) is 5.82 Å². The van der Waals surface area contributed by atoms with Gasteiger partial charge >= 0.3 is 5.97 Å². The Kier molecular flexibility index (Phi) is 2.25. The van der Waals surface area contributed by atoms with E-state index in [-0.39, 0.29) is 11.3 Å². The van der Waals surface area contributed by atoms with Crippen molar-refractivity contribution in [2.75, 3.05) is 5.48 Å². The topological polar surface area (TPSA) is 69.6 Å². The molecule has 0 bridgehead atoms. The number of carbonyl (C=O) groups is 1. The van der Waals surface area contributed by atoms with Crippen LogP contribution in [0.5, 0.6) is 0 Å². The van der Waals surface area contributed by atoms with Crippen LogP contribution in [0.3, 0.4) is 0 Å². The number of aromatic carboxylic acids is 1. The Morgan fingerprint density at radius 3 is 2.67 bits per heavy atom. The van der Waals surface area contributed by atoms with E-state index in [9.17, 15) is 9.18 Å². The van der Waals surface area contributed by atoms with Crippen molar-refractivity contribution in [3.05, 3.63) is 29.6 Å². The van der Waals surface area contributed by atoms with Gasteiger partial charge in [0.2, 0.25) is 0 Å². The molecule has 0 aliphatic carbocycles. The van der Waals surface area contributed by atoms with Gasteiger partial charge in [-0.2, -0.15) is 0 Å². The molecule has 0 aliphatic rings. The van der Waals surface area contributed by atoms with Crippen LogP contribution in [-0.4, -0.2) is 16.3 Å². The summed E-state index contributed by atoms with van der Waals surface area (Å²) in [5.41, 5.74) is 1.21. The summed E-state index contributed by atoms with van der Waals surface area (Å²) in [7, 11) is 0. The van der Waals surface area contributed by atoms with Gasteiger partial charge < -0.3 is 5.11 Å². The van der Waals surface area contributed by atoms with Gasteiger partial charge in [-0.05, 0) is 18.2 Å². The lowest BCUT2D eigenvalue weighted by atomic mass is 10.2. The molecule has 0 aromatic heterocycles. The van der Waals surface area contributed by atoms with E-state index in [2.05, 4.69) is 0 Å². The lowest BCUT2D eigenvalue weighted by molar-refractivity contribution is 0.0697. The van der Waals surface area contributed by atoms with Crippen molar-refractivity contribution in [1.29, 1.82) is 0 Å². The third kappa shape index (κ3) is 1.51. The van der Waals surface area contributed by atoms with Crippen LogP contribution in [0.25, 0.3) is 0 Å². The van der Waals surface area contributed by atoms with Gasteiger partial charge in [-0.1, -0.05) is 0 Å². The number of hydrogen-bond donors (Lipinski definition) is 3. The number of benzene rings is 1. The van der Waals surface area contributed by atoms with Crippen molar-refractivity contribution in [3.63, 3.8) is 0 Å². The van der Waals surface area contributed by atoms with Crippen molar-refractivity contribution in [1.82, 2.24) is 0 Å². The van der Waals surface area contributed by atoms with Gasteiger partial charge in [0.25, 0.3) is 0 Å². The Bertz CT molecular complexity index is 314. The van der Waals surface area contributed by atoms with Gasteiger partial charge in [0.15, 0.2) is 0 Å². The number of nitrogens with one attached hydrogen (secondary N) is 1. The first-order chi connectivity index (χ1) is 5.65. The average molecular weight is 171 g/mol. The molecule has 0 saturated heterocycles. The van der Waals surface area contributed by atoms with Crippen LogP contribution in [-0.2, 0) is 0 Å². The van der Waals surface area contributed by atoms with E-state index in [4.69, 9.17) is 10.3 Å². The zero-order valence-electron chi connectivity index (χ0n) is 5.91. The second-order valence-corrected chi connectivity index (χ2v) is 2.11. The highest BCUT2D eigenvalue weighted by molar-refractivity contribution is 5.88. The number of anilines is 1. The highest BCUT2D eigenvalue weighted by atomic mass is 19.1. The number of carboxylic acid groups (broad SMARTS) is 1. The standard InChI is InChI=1S/C7H6FNO3/c8-5-2-1-4(7(10)11)3-6(5)9-12/h1-3,9,12H,(H,10,11). The number of rotatable bonds is 2. The van der Waals surface area contributed by atoms with E-state index in [1.807, 2.05) is 0 Å². The smallest absolute Gasteiger partial charge is 0.335 e. The highest BCUT2D eigenvalue weighted by Gasteiger charge is 2.06. The van der Waals surface area contributed by atoms with Gasteiger partial charge in [0, 0.05) is 0 Å². The molecule has 5 heteroatoms. The maximum Gasteiger partial charge on any atom is 0.335 e. The van der Waals surface area contributed by atoms with E-state index in [0.29, 0.717) is 0 Å². The lowest BCUT2D eigenvalue weighted by Crippen LogP contribution is -2.00. The van der Waals surface area contributed by atoms with Crippen LogP contribution in [0.2, 0.25) is 0 Å². The summed E-state index contributed by atoms with van der Waals surface area (Å²) in [4.78, 5) is 10.3. The average Bonchev–Trinajstić information content (AvgIpc) is 2.05. The monoisotopic (exact) mass is 171 g/mol. The molecule has 0 fully saturated rings. The Labute approximate surface area is 67.2 Å². The van der Waals surface area contributed by atoms with Gasteiger partial charge in [0.05, 0.1) is 11.3 Å². The molecule has 0 atom stereocenters. The molecule has 0 unspecified atom stereocenters. The summed E-state index contributed by atoms with van der Waals surface area (Å²) in [5.74, 6) is -1.88. The van der Waals surface area contributed by atoms with E-state index in [0.717, 1.165) is 18.2 Å². The maximum atomic E-state index is 12.6. The van der Waals surface area contributed by atoms with Crippen molar-refractivity contribution in [3.8, 4) is 0 Å². The van der Waals surface area contributed by atoms with Crippen molar-refractivity contribution in [2.45, 2.75) is 0 Å². The molecule has 3 N–H and O–H groups in total. The molecule has 1 rings (SSSR count). The van der Waals surface area contributed by atoms with Crippen LogP contribution in [0.15, 0.2) is 18.2 Å². The molecule has 4 nitrogen and oxygen atoms in total. The minimum Gasteiger partial charge on any atom is -0.478 e. The summed E-state index contributed by atoms with van der Waals surface area (Å²) >= 11 is 0. The second kappa shape index (κ2) is 3.19. The Morgan fingerprint density at radius 1 is 1.50 bits per heavy atom. The van der Waals surface area contributed by atoms with Crippen molar-refractivity contribution < 1.29 is 19.5 Å². The number of carboxylic acids is 1. The fraction of sp³-hybridized carbons (Fsp3) is 0. The Morgan fingerprint density at radius 2 is 2.17 bits per heavy atom. The molecule has 0 saturated carbocycles. The predicted molar refractivity (Wildman–Crippen MR) is 38.8 cm³/mol. The zero-order valence-corrected chi connectivity index (χ0v) is 5.91. The van der Waals surface area contributed by atoms with Crippen LogP contribution < -0.4 is 5.48 Å². The first-order valence-electron chi connectivity index (χ1n) is 3.08. The molecule has 0 aliphatic heterocycles.